The molecule has 0 aliphatic rings. The van der Waals surface area contributed by atoms with Crippen LogP contribution in [0.1, 0.15) is 6.92 Å². The minimum Gasteiger partial charge on any atom is -0.465 e. The second kappa shape index (κ2) is 6.58. The van der Waals surface area contributed by atoms with E-state index in [1.807, 2.05) is 0 Å². The highest BCUT2D eigenvalue weighted by Gasteiger charge is 2.91. The van der Waals surface area contributed by atoms with Crippen LogP contribution < -0.4 is 0 Å². The second-order valence-electron chi connectivity index (χ2n) is 5.15. The second-order valence-corrected chi connectivity index (χ2v) is 9.44. The lowest BCUT2D eigenvalue weighted by Crippen LogP contribution is -2.70. The Kier molecular flexibility index (Phi) is 6.44. The van der Waals surface area contributed by atoms with Gasteiger partial charge in [0.2, 0.25) is 0 Å². The van der Waals surface area contributed by atoms with Gasteiger partial charge in [0.25, 0.3) is 0 Å². The maximum Gasteiger partial charge on any atom is 0.460 e. The van der Waals surface area contributed by atoms with E-state index in [9.17, 15) is 57.1 Å². The summed E-state index contributed by atoms with van der Waals surface area (Å²) in [5, 5.41) is 0. The van der Waals surface area contributed by atoms with Gasteiger partial charge in [-0.1, -0.05) is 6.92 Å². The third-order valence-electron chi connectivity index (χ3n) is 3.61. The van der Waals surface area contributed by atoms with Crippen LogP contribution in [0.15, 0.2) is 0 Å². The van der Waals surface area contributed by atoms with Crippen molar-refractivity contribution in [3.05, 3.63) is 0 Å². The van der Waals surface area contributed by atoms with Gasteiger partial charge in [-0.15, -0.1) is 0 Å². The van der Waals surface area contributed by atoms with Crippen molar-refractivity contribution < 1.29 is 61.2 Å². The molecule has 0 N–H and O–H groups in total. The summed E-state index contributed by atoms with van der Waals surface area (Å²) in [6.07, 6.45) is -7.39. The lowest BCUT2D eigenvalue weighted by atomic mass is 9.93. The molecule has 0 aliphatic carbocycles. The number of hydrogen-bond donors (Lipinski definition) is 0. The Morgan fingerprint density at radius 2 is 1.00 bits per heavy atom. The molecule has 0 aromatic carbocycles. The maximum absolute atomic E-state index is 13.6. The number of hydrogen-bond acceptors (Lipinski definition) is 1. The molecule has 0 saturated heterocycles. The Bertz CT molecular complexity index is 475. The summed E-state index contributed by atoms with van der Waals surface area (Å²) in [6, 6.07) is 0. The van der Waals surface area contributed by atoms with Gasteiger partial charge in [-0.05, 0) is 6.55 Å². The zero-order chi connectivity index (χ0) is 20.9. The first-order valence-electron chi connectivity index (χ1n) is 6.13. The molecule has 2 unspecified atom stereocenters. The molecule has 0 amide bonds. The van der Waals surface area contributed by atoms with Gasteiger partial charge >= 0.3 is 35.8 Å². The van der Waals surface area contributed by atoms with Crippen LogP contribution in [0.2, 0.25) is 12.1 Å². The van der Waals surface area contributed by atoms with E-state index in [1.54, 1.807) is 0 Å². The summed E-state index contributed by atoms with van der Waals surface area (Å²) in [5.74, 6) is -36.5. The van der Waals surface area contributed by atoms with E-state index < -0.39 is 50.4 Å². The van der Waals surface area contributed by atoms with Crippen LogP contribution >= 0.6 is 0 Å². The zero-order valence-corrected chi connectivity index (χ0v) is 15.6. The van der Waals surface area contributed by atoms with Gasteiger partial charge < -0.3 is 4.12 Å². The number of alkyl halides is 13. The van der Waals surface area contributed by atoms with Gasteiger partial charge in [-0.2, -0.15) is 57.1 Å². The predicted octanol–water partition coefficient (Wildman–Crippen LogP) is 3.77. The molecule has 0 bridgehead atoms. The first-order valence-corrected chi connectivity index (χ1v) is 9.24. The third kappa shape index (κ3) is 3.40. The Morgan fingerprint density at radius 1 is 0.680 bits per heavy atom. The standard InChI is InChI=1S/C9H11F13OSi2/c1-3(25(2)23-24)4(10,11)5(12,13)6(14,15)7(16,17)8(18,19)9(20,21)22/h3,25H,1-2,24H3. The predicted molar refractivity (Wildman–Crippen MR) is 64.3 cm³/mol. The van der Waals surface area contributed by atoms with Crippen molar-refractivity contribution in [1.82, 2.24) is 0 Å². The van der Waals surface area contributed by atoms with Crippen molar-refractivity contribution in [1.29, 1.82) is 0 Å². The SMILES string of the molecule is CC([SiH](C)O[SiH3])C(F)(F)C(F)(F)C(F)(F)C(F)(F)C(F)(F)C(F)(F)F. The van der Waals surface area contributed by atoms with E-state index in [4.69, 9.17) is 0 Å². The van der Waals surface area contributed by atoms with Crippen molar-refractivity contribution >= 4 is 19.5 Å². The molecule has 0 aromatic rings. The van der Waals surface area contributed by atoms with E-state index in [0.29, 0.717) is 0 Å². The largest absolute Gasteiger partial charge is 0.465 e. The van der Waals surface area contributed by atoms with Crippen LogP contribution in [0.5, 0.6) is 0 Å². The summed E-state index contributed by atoms with van der Waals surface area (Å²) < 4.78 is 172. The molecule has 0 rings (SSSR count). The van der Waals surface area contributed by atoms with Gasteiger partial charge in [0.1, 0.15) is 10.5 Å². The van der Waals surface area contributed by atoms with Gasteiger partial charge in [-0.25, -0.2) is 0 Å². The first kappa shape index (κ1) is 24.5. The summed E-state index contributed by atoms with van der Waals surface area (Å²) >= 11 is 0. The van der Waals surface area contributed by atoms with Crippen molar-refractivity contribution in [3.63, 3.8) is 0 Å². The molecule has 0 saturated carbocycles. The maximum atomic E-state index is 13.6. The van der Waals surface area contributed by atoms with Crippen molar-refractivity contribution in [3.8, 4) is 0 Å². The van der Waals surface area contributed by atoms with Crippen LogP contribution in [-0.2, 0) is 4.12 Å². The molecule has 25 heavy (non-hydrogen) atoms. The van der Waals surface area contributed by atoms with Crippen LogP contribution in [0, 0.1) is 0 Å². The van der Waals surface area contributed by atoms with E-state index >= 15 is 0 Å². The van der Waals surface area contributed by atoms with Crippen LogP contribution in [-0.4, -0.2) is 55.3 Å². The minimum absolute atomic E-state index is 0.221. The number of halogens is 13. The Labute approximate surface area is 136 Å². The van der Waals surface area contributed by atoms with Crippen LogP contribution in [0.4, 0.5) is 57.1 Å². The smallest absolute Gasteiger partial charge is 0.460 e. The molecule has 0 aliphatic heterocycles. The van der Waals surface area contributed by atoms with Crippen LogP contribution in [0.3, 0.4) is 0 Å². The highest BCUT2D eigenvalue weighted by atomic mass is 28.3. The van der Waals surface area contributed by atoms with E-state index in [1.165, 1.54) is 0 Å². The average Bonchev–Trinajstić information content (AvgIpc) is 2.43. The monoisotopic (exact) mass is 438 g/mol. The van der Waals surface area contributed by atoms with E-state index in [0.717, 1.165) is 6.55 Å². The average molecular weight is 438 g/mol. The Balaban J connectivity index is 6.30. The van der Waals surface area contributed by atoms with Crippen LogP contribution in [0.25, 0.3) is 0 Å². The fraction of sp³-hybridized carbons (Fsp3) is 1.00. The number of rotatable bonds is 7. The fourth-order valence-electron chi connectivity index (χ4n) is 1.57. The molecule has 0 heterocycles. The minimum atomic E-state index is -7.85. The normalized spacial score (nSPS) is 18.4. The zero-order valence-electron chi connectivity index (χ0n) is 12.5. The topological polar surface area (TPSA) is 9.23 Å². The fourth-order valence-corrected chi connectivity index (χ4v) is 4.00. The lowest BCUT2D eigenvalue weighted by Gasteiger charge is -2.41. The molecule has 0 radical (unpaired) electrons. The lowest BCUT2D eigenvalue weighted by molar-refractivity contribution is -0.440. The highest BCUT2D eigenvalue weighted by molar-refractivity contribution is 6.56. The quantitative estimate of drug-likeness (QED) is 0.435. The van der Waals surface area contributed by atoms with Gasteiger partial charge in [-0.3, -0.25) is 0 Å². The first-order chi connectivity index (χ1) is 10.6. The van der Waals surface area contributed by atoms with Crippen molar-refractivity contribution in [2.24, 2.45) is 0 Å². The third-order valence-corrected chi connectivity index (χ3v) is 8.41. The molecular weight excluding hydrogens is 427 g/mol. The molecule has 0 spiro atoms. The molecule has 0 aromatic heterocycles. The van der Waals surface area contributed by atoms with Gasteiger partial charge in [0, 0.05) is 5.54 Å². The van der Waals surface area contributed by atoms with Crippen molar-refractivity contribution in [2.45, 2.75) is 54.8 Å². The molecule has 1 nitrogen and oxygen atoms in total. The summed E-state index contributed by atoms with van der Waals surface area (Å²) in [4.78, 5) is 0. The van der Waals surface area contributed by atoms with Crippen molar-refractivity contribution in [2.75, 3.05) is 0 Å². The summed E-state index contributed by atoms with van der Waals surface area (Å²) in [7, 11) is -3.67. The molecular formula is C9H11F13OSi2. The Hall–Kier alpha value is -0.516. The Morgan fingerprint density at radius 3 is 1.28 bits per heavy atom. The van der Waals surface area contributed by atoms with Gasteiger partial charge in [0.15, 0.2) is 9.04 Å². The van der Waals surface area contributed by atoms with E-state index in [2.05, 4.69) is 4.12 Å². The summed E-state index contributed by atoms with van der Waals surface area (Å²) in [5.41, 5.74) is -2.78. The van der Waals surface area contributed by atoms with E-state index in [-0.39, 0.29) is 17.4 Å². The molecule has 0 fully saturated rings. The summed E-state index contributed by atoms with van der Waals surface area (Å²) in [6.45, 7) is 1.03. The van der Waals surface area contributed by atoms with Gasteiger partial charge in [0.05, 0.1) is 0 Å². The molecule has 16 heteroatoms. The molecule has 152 valence electrons. The molecule has 2 atom stereocenters. The highest BCUT2D eigenvalue weighted by Crippen LogP contribution is 2.62.